The summed E-state index contributed by atoms with van der Waals surface area (Å²) in [5.74, 6) is 0.408. The minimum absolute atomic E-state index is 0.000158. The summed E-state index contributed by atoms with van der Waals surface area (Å²) in [6.07, 6.45) is 3.19. The second-order valence-corrected chi connectivity index (χ2v) is 7.43. The monoisotopic (exact) mass is 319 g/mol. The number of hydrogen-bond donors (Lipinski definition) is 3. The molecule has 1 saturated heterocycles. The predicted octanol–water partition coefficient (Wildman–Crippen LogP) is 2.11. The Morgan fingerprint density at radius 1 is 1.35 bits per heavy atom. The maximum Gasteiger partial charge on any atom is 0.224 e. The lowest BCUT2D eigenvalue weighted by Gasteiger charge is -2.33. The molecule has 126 valence electrons. The number of amides is 1. The van der Waals surface area contributed by atoms with E-state index in [0.29, 0.717) is 18.0 Å². The summed E-state index contributed by atoms with van der Waals surface area (Å²) >= 11 is 0. The van der Waals surface area contributed by atoms with Crippen LogP contribution < -0.4 is 16.2 Å². The molecule has 1 amide bonds. The number of fused-ring (bicyclic) bond motifs is 1. The fourth-order valence-electron chi connectivity index (χ4n) is 3.88. The van der Waals surface area contributed by atoms with Crippen LogP contribution in [-0.4, -0.2) is 25.0 Å². The van der Waals surface area contributed by atoms with Crippen molar-refractivity contribution in [1.82, 2.24) is 16.2 Å². The Hall–Kier alpha value is -1.46. The van der Waals surface area contributed by atoms with E-state index in [0.717, 1.165) is 19.4 Å². The first-order valence-electron chi connectivity index (χ1n) is 8.50. The van der Waals surface area contributed by atoms with Crippen molar-refractivity contribution < 1.29 is 9.18 Å². The average Bonchev–Trinajstić information content (AvgIpc) is 3.01. The molecular weight excluding hydrogens is 293 g/mol. The maximum atomic E-state index is 14.0. The molecule has 1 aliphatic carbocycles. The molecule has 5 heteroatoms. The number of hydrogen-bond acceptors (Lipinski definition) is 3. The zero-order valence-electron chi connectivity index (χ0n) is 13.9. The lowest BCUT2D eigenvalue weighted by Crippen LogP contribution is -2.49. The Morgan fingerprint density at radius 3 is 2.91 bits per heavy atom. The highest BCUT2D eigenvalue weighted by atomic mass is 19.1. The molecule has 3 atom stereocenters. The lowest BCUT2D eigenvalue weighted by molar-refractivity contribution is -0.127. The van der Waals surface area contributed by atoms with E-state index in [1.54, 1.807) is 12.1 Å². The number of rotatable bonds is 4. The van der Waals surface area contributed by atoms with Gasteiger partial charge in [0.05, 0.1) is 5.92 Å². The van der Waals surface area contributed by atoms with Crippen LogP contribution in [-0.2, 0) is 10.2 Å². The van der Waals surface area contributed by atoms with Crippen molar-refractivity contribution in [2.45, 2.75) is 44.6 Å². The van der Waals surface area contributed by atoms with Gasteiger partial charge in [0.2, 0.25) is 5.91 Å². The summed E-state index contributed by atoms with van der Waals surface area (Å²) in [7, 11) is 0. The van der Waals surface area contributed by atoms with Crippen LogP contribution in [0.4, 0.5) is 4.39 Å². The highest BCUT2D eigenvalue weighted by Crippen LogP contribution is 2.32. The van der Waals surface area contributed by atoms with Crippen molar-refractivity contribution in [2.75, 3.05) is 13.1 Å². The fourth-order valence-corrected chi connectivity index (χ4v) is 3.88. The zero-order valence-corrected chi connectivity index (χ0v) is 13.9. The Kier molecular flexibility index (Phi) is 4.69. The van der Waals surface area contributed by atoms with Crippen molar-refractivity contribution >= 4 is 5.91 Å². The number of benzene rings is 1. The SMILES string of the molecule is CC(C)(CNC(=O)C1CCCC2CNNC21)c1ccccc1F. The maximum absolute atomic E-state index is 14.0. The number of halogens is 1. The van der Waals surface area contributed by atoms with Crippen LogP contribution in [0.1, 0.15) is 38.7 Å². The highest BCUT2D eigenvalue weighted by Gasteiger charge is 2.40. The molecule has 3 N–H and O–H groups in total. The van der Waals surface area contributed by atoms with Crippen LogP contribution in [0, 0.1) is 17.7 Å². The molecule has 2 fully saturated rings. The Labute approximate surface area is 137 Å². The molecule has 3 unspecified atom stereocenters. The first kappa shape index (κ1) is 16.4. The Morgan fingerprint density at radius 2 is 2.13 bits per heavy atom. The molecule has 2 aliphatic rings. The molecule has 3 rings (SSSR count). The average molecular weight is 319 g/mol. The van der Waals surface area contributed by atoms with Crippen molar-refractivity contribution in [2.24, 2.45) is 11.8 Å². The number of nitrogens with one attached hydrogen (secondary N) is 3. The summed E-state index contributed by atoms with van der Waals surface area (Å²) in [4.78, 5) is 12.6. The van der Waals surface area contributed by atoms with Gasteiger partial charge in [-0.25, -0.2) is 4.39 Å². The minimum atomic E-state index is -0.434. The molecule has 1 aromatic rings. The van der Waals surface area contributed by atoms with Crippen LogP contribution in [0.25, 0.3) is 0 Å². The van der Waals surface area contributed by atoms with E-state index in [1.807, 2.05) is 19.9 Å². The Bertz CT molecular complexity index is 575. The normalized spacial score (nSPS) is 27.5. The predicted molar refractivity (Wildman–Crippen MR) is 88.2 cm³/mol. The van der Waals surface area contributed by atoms with Crippen LogP contribution in [0.5, 0.6) is 0 Å². The largest absolute Gasteiger partial charge is 0.355 e. The van der Waals surface area contributed by atoms with Gasteiger partial charge in [-0.15, -0.1) is 0 Å². The smallest absolute Gasteiger partial charge is 0.224 e. The van der Waals surface area contributed by atoms with E-state index in [1.165, 1.54) is 12.5 Å². The molecule has 1 saturated carbocycles. The molecule has 1 heterocycles. The summed E-state index contributed by atoms with van der Waals surface area (Å²) in [5, 5.41) is 3.06. The van der Waals surface area contributed by atoms with Gasteiger partial charge in [-0.2, -0.15) is 0 Å². The van der Waals surface area contributed by atoms with E-state index in [2.05, 4.69) is 16.2 Å². The molecule has 23 heavy (non-hydrogen) atoms. The number of carbonyl (C=O) groups excluding carboxylic acids is 1. The molecule has 1 aliphatic heterocycles. The van der Waals surface area contributed by atoms with Gasteiger partial charge < -0.3 is 5.32 Å². The van der Waals surface area contributed by atoms with Gasteiger partial charge >= 0.3 is 0 Å². The molecule has 1 aromatic carbocycles. The summed E-state index contributed by atoms with van der Waals surface area (Å²) in [6.45, 7) is 5.30. The van der Waals surface area contributed by atoms with Crippen LogP contribution in [0.2, 0.25) is 0 Å². The third kappa shape index (κ3) is 3.40. The molecule has 0 bridgehead atoms. The van der Waals surface area contributed by atoms with E-state index in [-0.39, 0.29) is 23.7 Å². The van der Waals surface area contributed by atoms with Crippen LogP contribution >= 0.6 is 0 Å². The molecular formula is C18H26FN3O. The Balaban J connectivity index is 1.63. The first-order valence-corrected chi connectivity index (χ1v) is 8.50. The van der Waals surface area contributed by atoms with Gasteiger partial charge in [0.15, 0.2) is 0 Å². The molecule has 0 radical (unpaired) electrons. The number of hydrazine groups is 1. The topological polar surface area (TPSA) is 53.2 Å². The lowest BCUT2D eigenvalue weighted by atomic mass is 9.77. The third-order valence-corrected chi connectivity index (χ3v) is 5.31. The van der Waals surface area contributed by atoms with Gasteiger partial charge in [-0.05, 0) is 30.4 Å². The van der Waals surface area contributed by atoms with E-state index in [4.69, 9.17) is 0 Å². The quantitative estimate of drug-likeness (QED) is 0.797. The molecule has 0 aromatic heterocycles. The van der Waals surface area contributed by atoms with Crippen LogP contribution in [0.15, 0.2) is 24.3 Å². The van der Waals surface area contributed by atoms with Gasteiger partial charge in [-0.3, -0.25) is 15.6 Å². The van der Waals surface area contributed by atoms with Gasteiger partial charge in [-0.1, -0.05) is 38.5 Å². The van der Waals surface area contributed by atoms with Gasteiger partial charge in [0, 0.05) is 24.5 Å². The van der Waals surface area contributed by atoms with E-state index < -0.39 is 5.41 Å². The van der Waals surface area contributed by atoms with Crippen molar-refractivity contribution in [3.05, 3.63) is 35.6 Å². The second kappa shape index (κ2) is 6.57. The minimum Gasteiger partial charge on any atom is -0.355 e. The number of carbonyl (C=O) groups is 1. The third-order valence-electron chi connectivity index (χ3n) is 5.31. The highest BCUT2D eigenvalue weighted by molar-refractivity contribution is 5.79. The summed E-state index contributed by atoms with van der Waals surface area (Å²) < 4.78 is 14.0. The zero-order chi connectivity index (χ0) is 16.4. The fraction of sp³-hybridized carbons (Fsp3) is 0.611. The van der Waals surface area contributed by atoms with E-state index in [9.17, 15) is 9.18 Å². The summed E-state index contributed by atoms with van der Waals surface area (Å²) in [5.41, 5.74) is 6.64. The molecule has 4 nitrogen and oxygen atoms in total. The summed E-state index contributed by atoms with van der Waals surface area (Å²) in [6, 6.07) is 7.01. The molecule has 0 spiro atoms. The van der Waals surface area contributed by atoms with Crippen molar-refractivity contribution in [1.29, 1.82) is 0 Å². The van der Waals surface area contributed by atoms with Gasteiger partial charge in [0.25, 0.3) is 0 Å². The van der Waals surface area contributed by atoms with E-state index >= 15 is 0 Å². The van der Waals surface area contributed by atoms with Crippen LogP contribution in [0.3, 0.4) is 0 Å². The first-order chi connectivity index (χ1) is 11.0. The van der Waals surface area contributed by atoms with Crippen molar-refractivity contribution in [3.8, 4) is 0 Å². The van der Waals surface area contributed by atoms with Crippen molar-refractivity contribution in [3.63, 3.8) is 0 Å². The van der Waals surface area contributed by atoms with Gasteiger partial charge in [0.1, 0.15) is 5.82 Å². The second-order valence-electron chi connectivity index (χ2n) is 7.43. The standard InChI is InChI=1S/C18H26FN3O/c1-18(2,14-8-3-4-9-15(14)19)11-20-17(23)13-7-5-6-12-10-21-22-16(12)13/h3-4,8-9,12-13,16,21-22H,5-7,10-11H2,1-2H3,(H,20,23).